The third-order valence-corrected chi connectivity index (χ3v) is 8.82. The Kier molecular flexibility index (Phi) is 11.1. The molecule has 0 aromatic carbocycles. The van der Waals surface area contributed by atoms with Crippen LogP contribution in [-0.2, 0) is 20.8 Å². The first-order valence-electron chi connectivity index (χ1n) is 15.7. The van der Waals surface area contributed by atoms with Crippen molar-refractivity contribution in [2.24, 2.45) is 17.8 Å². The van der Waals surface area contributed by atoms with Crippen LogP contribution in [0.5, 0.6) is 0 Å². The molecule has 0 aliphatic heterocycles. The van der Waals surface area contributed by atoms with Crippen LogP contribution < -0.4 is 0 Å². The number of esters is 1. The zero-order valence-corrected chi connectivity index (χ0v) is 26.0. The van der Waals surface area contributed by atoms with Crippen LogP contribution in [0.15, 0.2) is 72.7 Å². The number of allylic oxidation sites excluding steroid dienone is 8. The van der Waals surface area contributed by atoms with Gasteiger partial charge in [0.15, 0.2) is 6.04 Å². The van der Waals surface area contributed by atoms with Crippen LogP contribution >= 0.6 is 0 Å². The molecule has 1 atom stereocenters. The number of hydrogen-bond donors (Lipinski definition) is 0. The summed E-state index contributed by atoms with van der Waals surface area (Å²) in [6, 6.07) is -1.00. The van der Waals surface area contributed by atoms with Crippen LogP contribution in [0.3, 0.4) is 0 Å². The van der Waals surface area contributed by atoms with Crippen LogP contribution in [0, 0.1) is 17.8 Å². The minimum atomic E-state index is -1.00. The van der Waals surface area contributed by atoms with Crippen molar-refractivity contribution in [1.29, 1.82) is 0 Å². The molecule has 7 nitrogen and oxygen atoms in total. The fraction of sp³-hybridized carbons (Fsp3) is 0.571. The van der Waals surface area contributed by atoms with Crippen molar-refractivity contribution in [3.8, 4) is 0 Å². The Morgan fingerprint density at radius 1 is 1.14 bits per heavy atom. The number of rotatable bonds is 10. The Morgan fingerprint density at radius 3 is 2.40 bits per heavy atom. The molecule has 4 saturated carbocycles. The molecule has 1 unspecified atom stereocenters. The molecule has 0 saturated heterocycles. The second kappa shape index (κ2) is 14.7. The van der Waals surface area contributed by atoms with Gasteiger partial charge in [0.25, 0.3) is 0 Å². The van der Waals surface area contributed by atoms with Crippen molar-refractivity contribution in [1.82, 2.24) is 14.5 Å². The summed E-state index contributed by atoms with van der Waals surface area (Å²) in [6.07, 6.45) is 25.4. The Hall–Kier alpha value is -3.35. The van der Waals surface area contributed by atoms with Crippen LogP contribution in [0.4, 0.5) is 4.79 Å². The van der Waals surface area contributed by atoms with Crippen LogP contribution in [0.25, 0.3) is 0 Å². The number of ether oxygens (including phenoxy) is 2. The lowest BCUT2D eigenvalue weighted by Gasteiger charge is -2.56. The molecule has 4 bridgehead atoms. The molecule has 1 amide bonds. The van der Waals surface area contributed by atoms with Gasteiger partial charge in [-0.05, 0) is 102 Å². The van der Waals surface area contributed by atoms with Gasteiger partial charge >= 0.3 is 12.1 Å². The highest BCUT2D eigenvalue weighted by atomic mass is 16.6. The molecule has 1 heterocycles. The summed E-state index contributed by atoms with van der Waals surface area (Å²) in [6.45, 7) is 12.8. The fourth-order valence-corrected chi connectivity index (χ4v) is 7.37. The number of hydrogen-bond acceptors (Lipinski definition) is 5. The Bertz CT molecular complexity index is 1180. The Labute approximate surface area is 252 Å². The molecule has 0 radical (unpaired) electrons. The number of nitrogens with zero attached hydrogens (tertiary/aromatic N) is 3. The standard InChI is InChI=1S/C31H41N3O4.C4H8/c1-4-37-29(35)27(28-32-12-14-33(28)21-22(2)3)34(13-11-23-9-7-5-6-8-10-23)30(36)38-31-18-24-15-25(19-31)17-26(16-24)20-31;1-3-4-2/h5-7,9-10,12,14,24-27H,2,4,8,11,13,15-21H2,1,3H3;3-4H,1-2H3/b;4-3-. The summed E-state index contributed by atoms with van der Waals surface area (Å²) in [4.78, 5) is 33.8. The zero-order chi connectivity index (χ0) is 30.1. The summed E-state index contributed by atoms with van der Waals surface area (Å²) >= 11 is 0. The van der Waals surface area contributed by atoms with E-state index in [2.05, 4.69) is 29.8 Å². The molecule has 7 heteroatoms. The van der Waals surface area contributed by atoms with E-state index in [0.717, 1.165) is 36.8 Å². The van der Waals surface area contributed by atoms with Gasteiger partial charge in [0.05, 0.1) is 6.61 Å². The lowest BCUT2D eigenvalue weighted by molar-refractivity contribution is -0.154. The Balaban J connectivity index is 0.000000952. The first kappa shape index (κ1) is 31.6. The SMILES string of the molecule is C/C=C\C.C=C(C)Cn1ccnc1C(C(=O)OCC)N(CCC1=CCC=CC=C1)C(=O)OC12CC3CC(CC(C3)C1)C2. The van der Waals surface area contributed by atoms with Gasteiger partial charge in [-0.15, -0.1) is 0 Å². The zero-order valence-electron chi connectivity index (χ0n) is 26.0. The second-order valence-corrected chi connectivity index (χ2v) is 12.4. The van der Waals surface area contributed by atoms with Gasteiger partial charge in [-0.25, -0.2) is 14.6 Å². The van der Waals surface area contributed by atoms with E-state index >= 15 is 0 Å². The normalized spacial score (nSPS) is 26.2. The van der Waals surface area contributed by atoms with Crippen molar-refractivity contribution in [2.45, 2.75) is 97.2 Å². The quantitative estimate of drug-likeness (QED) is 0.210. The average molecular weight is 576 g/mol. The summed E-state index contributed by atoms with van der Waals surface area (Å²) in [7, 11) is 0. The minimum Gasteiger partial charge on any atom is -0.464 e. The van der Waals surface area contributed by atoms with Gasteiger partial charge in [-0.3, -0.25) is 4.90 Å². The summed E-state index contributed by atoms with van der Waals surface area (Å²) in [5.41, 5.74) is 1.63. The Morgan fingerprint density at radius 2 is 1.81 bits per heavy atom. The number of carbonyl (C=O) groups is 2. The molecule has 4 fully saturated rings. The highest BCUT2D eigenvalue weighted by molar-refractivity contribution is 5.82. The van der Waals surface area contributed by atoms with Crippen molar-refractivity contribution in [3.63, 3.8) is 0 Å². The maximum atomic E-state index is 14.1. The highest BCUT2D eigenvalue weighted by Crippen LogP contribution is 2.57. The molecule has 0 N–H and O–H groups in total. The minimum absolute atomic E-state index is 0.216. The largest absolute Gasteiger partial charge is 0.464 e. The van der Waals surface area contributed by atoms with Crippen LogP contribution in [0.2, 0.25) is 0 Å². The van der Waals surface area contributed by atoms with Gasteiger partial charge < -0.3 is 14.0 Å². The van der Waals surface area contributed by atoms with E-state index in [1.807, 2.05) is 55.8 Å². The van der Waals surface area contributed by atoms with E-state index in [4.69, 9.17) is 9.47 Å². The molecule has 1 aromatic rings. The van der Waals surface area contributed by atoms with Gasteiger partial charge in [0.2, 0.25) is 0 Å². The molecule has 5 aliphatic carbocycles. The van der Waals surface area contributed by atoms with E-state index in [1.165, 1.54) is 19.3 Å². The molecular weight excluding hydrogens is 526 g/mol. The van der Waals surface area contributed by atoms with E-state index in [0.29, 0.717) is 43.1 Å². The number of amides is 1. The average Bonchev–Trinajstić information content (AvgIpc) is 3.20. The maximum Gasteiger partial charge on any atom is 0.411 e. The predicted octanol–water partition coefficient (Wildman–Crippen LogP) is 7.89. The van der Waals surface area contributed by atoms with Crippen LogP contribution in [0.1, 0.15) is 90.9 Å². The summed E-state index contributed by atoms with van der Waals surface area (Å²) in [5.74, 6) is 1.92. The predicted molar refractivity (Wildman–Crippen MR) is 167 cm³/mol. The first-order chi connectivity index (χ1) is 20.3. The van der Waals surface area contributed by atoms with E-state index in [-0.39, 0.29) is 6.61 Å². The van der Waals surface area contributed by atoms with Gasteiger partial charge in [0, 0.05) is 25.5 Å². The second-order valence-electron chi connectivity index (χ2n) is 12.4. The van der Waals surface area contributed by atoms with E-state index < -0.39 is 23.7 Å². The van der Waals surface area contributed by atoms with Crippen molar-refractivity contribution >= 4 is 12.1 Å². The molecule has 42 heavy (non-hydrogen) atoms. The van der Waals surface area contributed by atoms with E-state index in [1.54, 1.807) is 18.0 Å². The third-order valence-electron chi connectivity index (χ3n) is 8.82. The van der Waals surface area contributed by atoms with Gasteiger partial charge in [-0.2, -0.15) is 0 Å². The lowest BCUT2D eigenvalue weighted by atomic mass is 9.54. The molecule has 228 valence electrons. The van der Waals surface area contributed by atoms with Crippen LogP contribution in [-0.4, -0.2) is 45.3 Å². The monoisotopic (exact) mass is 575 g/mol. The summed E-state index contributed by atoms with van der Waals surface area (Å²) in [5, 5.41) is 0. The summed E-state index contributed by atoms with van der Waals surface area (Å²) < 4.78 is 13.9. The van der Waals surface area contributed by atoms with Gasteiger partial charge in [-0.1, -0.05) is 54.7 Å². The molecular formula is C35H49N3O4. The van der Waals surface area contributed by atoms with Gasteiger partial charge in [0.1, 0.15) is 11.4 Å². The topological polar surface area (TPSA) is 73.7 Å². The number of imidazole rings is 1. The smallest absolute Gasteiger partial charge is 0.411 e. The molecule has 0 spiro atoms. The number of carbonyl (C=O) groups excluding carboxylic acids is 2. The molecule has 1 aromatic heterocycles. The van der Waals surface area contributed by atoms with E-state index in [9.17, 15) is 9.59 Å². The fourth-order valence-electron chi connectivity index (χ4n) is 7.37. The first-order valence-corrected chi connectivity index (χ1v) is 15.7. The molecule has 6 rings (SSSR count). The highest BCUT2D eigenvalue weighted by Gasteiger charge is 2.54. The lowest BCUT2D eigenvalue weighted by Crippen LogP contribution is -2.55. The number of aromatic nitrogens is 2. The van der Waals surface area contributed by atoms with Crippen molar-refractivity contribution < 1.29 is 19.1 Å². The third kappa shape index (κ3) is 7.93. The maximum absolute atomic E-state index is 14.1. The molecule has 5 aliphatic rings. The van der Waals surface area contributed by atoms with Crippen molar-refractivity contribution in [3.05, 3.63) is 78.5 Å². The van der Waals surface area contributed by atoms with Crippen molar-refractivity contribution in [2.75, 3.05) is 13.2 Å².